The van der Waals surface area contributed by atoms with Crippen LogP contribution in [0.1, 0.15) is 19.8 Å². The van der Waals surface area contributed by atoms with E-state index in [4.69, 9.17) is 0 Å². The van der Waals surface area contributed by atoms with Crippen LogP contribution in [0.5, 0.6) is 0 Å². The van der Waals surface area contributed by atoms with Gasteiger partial charge in [0.05, 0.1) is 6.54 Å². The Morgan fingerprint density at radius 1 is 1.16 bits per heavy atom. The van der Waals surface area contributed by atoms with Crippen LogP contribution in [0.15, 0.2) is 0 Å². The van der Waals surface area contributed by atoms with Gasteiger partial charge in [0, 0.05) is 26.2 Å². The summed E-state index contributed by atoms with van der Waals surface area (Å²) in [5.74, 6) is -1.55. The third kappa shape index (κ3) is 5.69. The summed E-state index contributed by atoms with van der Waals surface area (Å²) in [6.07, 6.45) is 1.66. The first-order valence-corrected chi connectivity index (χ1v) is 6.69. The van der Waals surface area contributed by atoms with Crippen molar-refractivity contribution in [2.45, 2.75) is 19.8 Å². The van der Waals surface area contributed by atoms with Gasteiger partial charge >= 0.3 is 11.8 Å². The summed E-state index contributed by atoms with van der Waals surface area (Å²) in [5.41, 5.74) is 0. The van der Waals surface area contributed by atoms with Crippen LogP contribution in [-0.4, -0.2) is 61.9 Å². The van der Waals surface area contributed by atoms with Crippen LogP contribution in [0.25, 0.3) is 0 Å². The first kappa shape index (κ1) is 15.4. The molecule has 0 spiro atoms. The van der Waals surface area contributed by atoms with Gasteiger partial charge in [-0.05, 0) is 19.4 Å². The molecule has 0 bridgehead atoms. The Labute approximate surface area is 113 Å². The van der Waals surface area contributed by atoms with Crippen LogP contribution in [0.2, 0.25) is 0 Å². The van der Waals surface area contributed by atoms with E-state index < -0.39 is 11.8 Å². The fraction of sp³-hybridized carbons (Fsp3) is 0.750. The highest BCUT2D eigenvalue weighted by molar-refractivity contribution is 6.35. The van der Waals surface area contributed by atoms with Crippen LogP contribution in [-0.2, 0) is 14.4 Å². The van der Waals surface area contributed by atoms with Crippen LogP contribution < -0.4 is 16.0 Å². The van der Waals surface area contributed by atoms with Gasteiger partial charge in [-0.2, -0.15) is 0 Å². The van der Waals surface area contributed by atoms with E-state index in [1.807, 2.05) is 6.92 Å². The number of hydrogen-bond donors (Lipinski definition) is 3. The summed E-state index contributed by atoms with van der Waals surface area (Å²) in [6.45, 7) is 4.99. The smallest absolute Gasteiger partial charge is 0.311 e. The summed E-state index contributed by atoms with van der Waals surface area (Å²) in [6, 6.07) is 0. The lowest BCUT2D eigenvalue weighted by atomic mass is 10.3. The maximum absolute atomic E-state index is 11.8. The Balaban J connectivity index is 2.31. The lowest BCUT2D eigenvalue weighted by molar-refractivity contribution is -0.146. The molecule has 0 aromatic heterocycles. The van der Waals surface area contributed by atoms with E-state index in [1.54, 1.807) is 0 Å². The van der Waals surface area contributed by atoms with Crippen molar-refractivity contribution in [3.8, 4) is 0 Å². The number of nitrogens with one attached hydrogen (secondary N) is 3. The first-order chi connectivity index (χ1) is 9.15. The van der Waals surface area contributed by atoms with Gasteiger partial charge in [-0.1, -0.05) is 6.92 Å². The Kier molecular flexibility index (Phi) is 6.88. The van der Waals surface area contributed by atoms with Crippen molar-refractivity contribution in [3.63, 3.8) is 0 Å². The fourth-order valence-corrected chi connectivity index (χ4v) is 1.76. The van der Waals surface area contributed by atoms with E-state index in [1.165, 1.54) is 4.90 Å². The molecular formula is C12H22N4O3. The average molecular weight is 270 g/mol. The van der Waals surface area contributed by atoms with E-state index in [0.29, 0.717) is 26.2 Å². The minimum absolute atomic E-state index is 0.156. The first-order valence-electron chi connectivity index (χ1n) is 6.69. The summed E-state index contributed by atoms with van der Waals surface area (Å²) in [4.78, 5) is 36.3. The van der Waals surface area contributed by atoms with Crippen molar-refractivity contribution in [2.75, 3.05) is 39.3 Å². The molecule has 1 saturated heterocycles. The zero-order chi connectivity index (χ0) is 14.1. The third-order valence-electron chi connectivity index (χ3n) is 2.80. The molecule has 3 amide bonds. The largest absolute Gasteiger partial charge is 0.355 e. The average Bonchev–Trinajstić information content (AvgIpc) is 2.70. The maximum atomic E-state index is 11.8. The molecule has 0 radical (unpaired) electrons. The van der Waals surface area contributed by atoms with E-state index >= 15 is 0 Å². The molecule has 0 unspecified atom stereocenters. The van der Waals surface area contributed by atoms with Gasteiger partial charge in [0.15, 0.2) is 0 Å². The molecule has 7 nitrogen and oxygen atoms in total. The minimum Gasteiger partial charge on any atom is -0.355 e. The third-order valence-corrected chi connectivity index (χ3v) is 2.80. The minimum atomic E-state index is -0.714. The Morgan fingerprint density at radius 2 is 1.95 bits per heavy atom. The molecule has 19 heavy (non-hydrogen) atoms. The van der Waals surface area contributed by atoms with Gasteiger partial charge in [0.2, 0.25) is 5.91 Å². The number of rotatable bonds is 4. The van der Waals surface area contributed by atoms with Crippen LogP contribution in [0.3, 0.4) is 0 Å². The second-order valence-electron chi connectivity index (χ2n) is 4.43. The van der Waals surface area contributed by atoms with Gasteiger partial charge in [-0.15, -0.1) is 0 Å². The van der Waals surface area contributed by atoms with E-state index in [0.717, 1.165) is 19.4 Å². The highest BCUT2D eigenvalue weighted by Gasteiger charge is 2.22. The Bertz CT molecular complexity index is 325. The van der Waals surface area contributed by atoms with Crippen LogP contribution in [0.4, 0.5) is 0 Å². The van der Waals surface area contributed by atoms with Crippen molar-refractivity contribution in [1.29, 1.82) is 0 Å². The summed E-state index contributed by atoms with van der Waals surface area (Å²) in [5, 5.41) is 8.13. The van der Waals surface area contributed by atoms with E-state index in [9.17, 15) is 14.4 Å². The molecule has 3 N–H and O–H groups in total. The fourth-order valence-electron chi connectivity index (χ4n) is 1.76. The molecule has 1 aliphatic rings. The highest BCUT2D eigenvalue weighted by atomic mass is 16.2. The van der Waals surface area contributed by atoms with Crippen molar-refractivity contribution >= 4 is 17.7 Å². The maximum Gasteiger partial charge on any atom is 0.311 e. The lowest BCUT2D eigenvalue weighted by Crippen LogP contribution is -2.47. The zero-order valence-electron chi connectivity index (χ0n) is 11.3. The van der Waals surface area contributed by atoms with E-state index in [2.05, 4.69) is 16.0 Å². The number of amides is 3. The molecule has 0 saturated carbocycles. The SMILES string of the molecule is CCCNC(=O)CNC(=O)C(=O)N1CCCNCC1. The standard InChI is InChI=1S/C12H22N4O3/c1-2-4-14-10(17)9-15-11(18)12(19)16-7-3-5-13-6-8-16/h13H,2-9H2,1H3,(H,14,17)(H,15,18). The monoisotopic (exact) mass is 270 g/mol. The molecule has 0 atom stereocenters. The molecule has 0 aliphatic carbocycles. The molecule has 0 aromatic carbocycles. The number of hydrogen-bond acceptors (Lipinski definition) is 4. The quantitative estimate of drug-likeness (QED) is 0.540. The van der Waals surface area contributed by atoms with Crippen molar-refractivity contribution in [2.24, 2.45) is 0 Å². The van der Waals surface area contributed by atoms with Gasteiger partial charge in [-0.3, -0.25) is 14.4 Å². The normalized spacial score (nSPS) is 15.5. The van der Waals surface area contributed by atoms with Gasteiger partial charge in [0.25, 0.3) is 0 Å². The molecule has 7 heteroatoms. The van der Waals surface area contributed by atoms with Crippen molar-refractivity contribution in [3.05, 3.63) is 0 Å². The number of carbonyl (C=O) groups excluding carboxylic acids is 3. The van der Waals surface area contributed by atoms with Crippen LogP contribution in [0, 0.1) is 0 Å². The van der Waals surface area contributed by atoms with E-state index in [-0.39, 0.29) is 12.5 Å². The van der Waals surface area contributed by atoms with Gasteiger partial charge < -0.3 is 20.9 Å². The topological polar surface area (TPSA) is 90.5 Å². The van der Waals surface area contributed by atoms with Crippen molar-refractivity contribution < 1.29 is 14.4 Å². The molecule has 1 rings (SSSR count). The second kappa shape index (κ2) is 8.47. The molecule has 0 aromatic rings. The van der Waals surface area contributed by atoms with Gasteiger partial charge in [-0.25, -0.2) is 0 Å². The molecule has 1 aliphatic heterocycles. The second-order valence-corrected chi connectivity index (χ2v) is 4.43. The predicted molar refractivity (Wildman–Crippen MR) is 70.4 cm³/mol. The summed E-state index contributed by atoms with van der Waals surface area (Å²) >= 11 is 0. The number of nitrogens with zero attached hydrogens (tertiary/aromatic N) is 1. The van der Waals surface area contributed by atoms with Crippen LogP contribution >= 0.6 is 0 Å². The van der Waals surface area contributed by atoms with Gasteiger partial charge in [0.1, 0.15) is 0 Å². The number of carbonyl (C=O) groups is 3. The predicted octanol–water partition coefficient (Wildman–Crippen LogP) is -1.55. The zero-order valence-corrected chi connectivity index (χ0v) is 11.3. The summed E-state index contributed by atoms with van der Waals surface area (Å²) < 4.78 is 0. The Hall–Kier alpha value is -1.63. The highest BCUT2D eigenvalue weighted by Crippen LogP contribution is 1.96. The molecule has 1 heterocycles. The lowest BCUT2D eigenvalue weighted by Gasteiger charge is -2.18. The summed E-state index contributed by atoms with van der Waals surface area (Å²) in [7, 11) is 0. The molecular weight excluding hydrogens is 248 g/mol. The molecule has 1 fully saturated rings. The Morgan fingerprint density at radius 3 is 2.68 bits per heavy atom. The molecule has 108 valence electrons. The van der Waals surface area contributed by atoms with Crippen molar-refractivity contribution in [1.82, 2.24) is 20.9 Å².